The Morgan fingerprint density at radius 3 is 1.31 bits per heavy atom. The number of fused-ring (bicyclic) bond motifs is 20. The van der Waals surface area contributed by atoms with Crippen molar-refractivity contribution in [2.24, 2.45) is 0 Å². The zero-order valence-corrected chi connectivity index (χ0v) is 26.3. The molecule has 45 heavy (non-hydrogen) atoms. The summed E-state index contributed by atoms with van der Waals surface area (Å²) in [5, 5.41) is 2.24. The van der Waals surface area contributed by atoms with Crippen molar-refractivity contribution in [1.82, 2.24) is 39.9 Å². The van der Waals surface area contributed by atoms with Crippen molar-refractivity contribution in [3.05, 3.63) is 91.0 Å². The minimum absolute atomic E-state index is 0. The molecule has 0 fully saturated rings. The van der Waals surface area contributed by atoms with Gasteiger partial charge in [-0.25, -0.2) is 38.3 Å². The molecular weight excluding hydrogens is 599 g/mol. The zero-order chi connectivity index (χ0) is 29.6. The van der Waals surface area contributed by atoms with E-state index in [1.165, 1.54) is 12.1 Å². The first-order valence-corrected chi connectivity index (χ1v) is 15.0. The topological polar surface area (TPSA) is 166 Å². The van der Waals surface area contributed by atoms with Crippen LogP contribution in [-0.2, 0) is 10.1 Å². The standard InChI is InChI=1S/C32H18N8O3S.Na/c41-44(42,43)23-15-7-14-22-24(23)32-39-30-21-13-6-5-12-20(21)28(37-30)35-26-17-9-2-1-8-16(17)25(33-26)34-27-18-10-3-4-11-19(18)29(36-27)38-31(22)40-32;/h1-15H,(H,41,42,43)(H2,33,34,35,36,37,38,39,40);/q;+1/p-1. The van der Waals surface area contributed by atoms with Gasteiger partial charge in [-0.2, -0.15) is 0 Å². The van der Waals surface area contributed by atoms with Crippen molar-refractivity contribution >= 4 is 54.3 Å². The quantitative estimate of drug-likeness (QED) is 0.208. The SMILES string of the molecule is O=S(=O)([O-])c1cccc2c3nc4nc(nc5[nH]c(nc6nc(nc([nH]3)c12)-c1ccccc1-6)c1ccccc51)-c1ccccc1-4.[Na+]. The van der Waals surface area contributed by atoms with Gasteiger partial charge in [0.2, 0.25) is 0 Å². The van der Waals surface area contributed by atoms with Gasteiger partial charge in [-0.05, 0) is 6.07 Å². The monoisotopic (exact) mass is 616 g/mol. The number of benzene rings is 4. The Kier molecular flexibility index (Phi) is 6.21. The molecule has 9 rings (SSSR count). The van der Waals surface area contributed by atoms with Gasteiger partial charge in [-0.1, -0.05) is 84.9 Å². The molecule has 4 aromatic carbocycles. The second-order valence-electron chi connectivity index (χ2n) is 10.4. The van der Waals surface area contributed by atoms with Crippen LogP contribution in [0.3, 0.4) is 0 Å². The molecule has 0 saturated carbocycles. The fourth-order valence-corrected chi connectivity index (χ4v) is 6.57. The van der Waals surface area contributed by atoms with E-state index in [1.54, 1.807) is 6.07 Å². The largest absolute Gasteiger partial charge is 1.00 e. The van der Waals surface area contributed by atoms with E-state index in [1.807, 2.05) is 72.8 Å². The molecule has 3 aromatic heterocycles. The zero-order valence-electron chi connectivity index (χ0n) is 23.5. The molecule has 8 bridgehead atoms. The van der Waals surface area contributed by atoms with Crippen LogP contribution in [0.5, 0.6) is 0 Å². The van der Waals surface area contributed by atoms with Crippen LogP contribution < -0.4 is 29.6 Å². The van der Waals surface area contributed by atoms with E-state index in [9.17, 15) is 13.0 Å². The van der Waals surface area contributed by atoms with Gasteiger partial charge in [-0.3, -0.25) is 0 Å². The van der Waals surface area contributed by atoms with Crippen LogP contribution in [0.15, 0.2) is 95.9 Å². The molecule has 5 heterocycles. The molecule has 0 unspecified atom stereocenters. The van der Waals surface area contributed by atoms with Gasteiger partial charge in [0.15, 0.2) is 23.3 Å². The van der Waals surface area contributed by atoms with Crippen molar-refractivity contribution in [3.8, 4) is 45.6 Å². The Morgan fingerprint density at radius 1 is 0.467 bits per heavy atom. The maximum absolute atomic E-state index is 12.4. The van der Waals surface area contributed by atoms with Crippen LogP contribution in [0, 0.1) is 0 Å². The van der Waals surface area contributed by atoms with E-state index in [4.69, 9.17) is 29.9 Å². The number of hydrogen-bond donors (Lipinski definition) is 2. The van der Waals surface area contributed by atoms with Gasteiger partial charge in [0.1, 0.15) is 32.7 Å². The smallest absolute Gasteiger partial charge is 0.744 e. The number of H-pyrrole nitrogens is 2. The number of aromatic nitrogens is 8. The molecule has 7 aromatic rings. The van der Waals surface area contributed by atoms with Gasteiger partial charge in [0, 0.05) is 43.8 Å². The van der Waals surface area contributed by atoms with E-state index in [2.05, 4.69) is 9.97 Å². The Balaban J connectivity index is 0.00000300. The van der Waals surface area contributed by atoms with Gasteiger partial charge in [-0.15, -0.1) is 0 Å². The molecule has 0 saturated heterocycles. The number of aromatic amines is 2. The third-order valence-corrected chi connectivity index (χ3v) is 8.69. The molecule has 11 nitrogen and oxygen atoms in total. The molecule has 0 amide bonds. The van der Waals surface area contributed by atoms with Gasteiger partial charge in [0.25, 0.3) is 0 Å². The second-order valence-corrected chi connectivity index (χ2v) is 11.7. The van der Waals surface area contributed by atoms with Crippen LogP contribution >= 0.6 is 0 Å². The second kappa shape index (κ2) is 10.1. The number of hydrogen-bond acceptors (Lipinski definition) is 9. The minimum Gasteiger partial charge on any atom is -0.744 e. The molecule has 210 valence electrons. The van der Waals surface area contributed by atoms with Crippen molar-refractivity contribution in [1.29, 1.82) is 0 Å². The van der Waals surface area contributed by atoms with Crippen LogP contribution in [-0.4, -0.2) is 52.8 Å². The molecule has 0 atom stereocenters. The first-order chi connectivity index (χ1) is 21.4. The van der Waals surface area contributed by atoms with Crippen molar-refractivity contribution in [2.45, 2.75) is 4.90 Å². The normalized spacial score (nSPS) is 12.1. The maximum Gasteiger partial charge on any atom is 1.00 e. The summed E-state index contributed by atoms with van der Waals surface area (Å²) in [4.78, 5) is 35.2. The minimum atomic E-state index is -4.87. The van der Waals surface area contributed by atoms with Gasteiger partial charge >= 0.3 is 29.6 Å². The van der Waals surface area contributed by atoms with Crippen LogP contribution in [0.25, 0.3) is 89.7 Å². The number of rotatable bonds is 1. The van der Waals surface area contributed by atoms with Crippen LogP contribution in [0.4, 0.5) is 0 Å². The summed E-state index contributed by atoms with van der Waals surface area (Å²) in [6, 6.07) is 27.4. The fraction of sp³-hybridized carbons (Fsp3) is 0. The third kappa shape index (κ3) is 4.30. The summed E-state index contributed by atoms with van der Waals surface area (Å²) in [5.74, 6) is 1.55. The first kappa shape index (κ1) is 27.7. The molecule has 2 N–H and O–H groups in total. The Hall–Kier alpha value is -4.85. The Bertz CT molecular complexity index is 2660. The predicted molar refractivity (Wildman–Crippen MR) is 164 cm³/mol. The Labute approximate surface area is 276 Å². The van der Waals surface area contributed by atoms with E-state index in [0.717, 1.165) is 27.5 Å². The fourth-order valence-electron chi connectivity index (χ4n) is 5.87. The van der Waals surface area contributed by atoms with Crippen molar-refractivity contribution < 1.29 is 42.5 Å². The van der Waals surface area contributed by atoms with Crippen molar-refractivity contribution in [2.75, 3.05) is 0 Å². The van der Waals surface area contributed by atoms with Crippen LogP contribution in [0.1, 0.15) is 0 Å². The average Bonchev–Trinajstić information content (AvgIpc) is 3.76. The summed E-state index contributed by atoms with van der Waals surface area (Å²) in [6.07, 6.45) is 0. The Morgan fingerprint density at radius 2 is 0.844 bits per heavy atom. The molecule has 13 heteroatoms. The van der Waals surface area contributed by atoms with Crippen molar-refractivity contribution in [3.63, 3.8) is 0 Å². The summed E-state index contributed by atoms with van der Waals surface area (Å²) < 4.78 is 37.2. The average molecular weight is 617 g/mol. The molecule has 0 spiro atoms. The van der Waals surface area contributed by atoms with Gasteiger partial charge in [0.05, 0.1) is 4.90 Å². The summed E-state index contributed by atoms with van der Waals surface area (Å²) >= 11 is 0. The van der Waals surface area contributed by atoms with E-state index in [0.29, 0.717) is 51.2 Å². The number of nitrogens with one attached hydrogen (secondary N) is 2. The molecule has 0 radical (unpaired) electrons. The molecular formula is C32H17N8NaO3S. The van der Waals surface area contributed by atoms with E-state index < -0.39 is 15.0 Å². The molecule has 2 aliphatic rings. The van der Waals surface area contributed by atoms with Gasteiger partial charge < -0.3 is 14.5 Å². The summed E-state index contributed by atoms with van der Waals surface area (Å²) in [7, 11) is -4.87. The predicted octanol–water partition coefficient (Wildman–Crippen LogP) is 2.78. The summed E-state index contributed by atoms with van der Waals surface area (Å²) in [6.45, 7) is 0. The molecule has 0 aliphatic carbocycles. The molecule has 2 aliphatic heterocycles. The first-order valence-electron chi connectivity index (χ1n) is 13.6. The third-order valence-electron chi connectivity index (χ3n) is 7.81. The van der Waals surface area contributed by atoms with E-state index in [-0.39, 0.29) is 40.6 Å². The van der Waals surface area contributed by atoms with Crippen LogP contribution in [0.2, 0.25) is 0 Å². The van der Waals surface area contributed by atoms with E-state index >= 15 is 0 Å². The maximum atomic E-state index is 12.4. The summed E-state index contributed by atoms with van der Waals surface area (Å²) in [5.41, 5.74) is 4.55. The number of nitrogens with zero attached hydrogens (tertiary/aromatic N) is 6.